The number of anilines is 1. The molecular formula is C15H18F2N4O2. The van der Waals surface area contributed by atoms with Gasteiger partial charge in [0.25, 0.3) is 6.43 Å². The number of imidazole rings is 1. The smallest absolute Gasteiger partial charge is 0.319 e. The quantitative estimate of drug-likeness (QED) is 0.700. The Bertz CT molecular complexity index is 696. The number of nitrogens with one attached hydrogen (secondary N) is 3. The molecule has 0 unspecified atom stereocenters. The Morgan fingerprint density at radius 2 is 2.04 bits per heavy atom. The van der Waals surface area contributed by atoms with Crippen molar-refractivity contribution in [1.82, 2.24) is 15.3 Å². The number of aromatic nitrogens is 2. The molecule has 1 aliphatic carbocycles. The van der Waals surface area contributed by atoms with Crippen molar-refractivity contribution in [2.45, 2.75) is 44.3 Å². The molecule has 0 radical (unpaired) electrons. The number of nitrogens with zero attached hydrogens (tertiary/aromatic N) is 1. The molecule has 124 valence electrons. The minimum Gasteiger partial charge on any atom is -0.393 e. The van der Waals surface area contributed by atoms with E-state index < -0.39 is 6.43 Å². The number of carbonyl (C=O) groups is 1. The van der Waals surface area contributed by atoms with E-state index in [1.165, 1.54) is 0 Å². The molecule has 1 saturated carbocycles. The lowest BCUT2D eigenvalue weighted by Gasteiger charge is -2.26. The van der Waals surface area contributed by atoms with Crippen LogP contribution in [0.25, 0.3) is 11.0 Å². The van der Waals surface area contributed by atoms with Crippen LogP contribution in [-0.4, -0.2) is 33.3 Å². The average molecular weight is 324 g/mol. The summed E-state index contributed by atoms with van der Waals surface area (Å²) in [6, 6.07) is 4.45. The summed E-state index contributed by atoms with van der Waals surface area (Å²) in [5, 5.41) is 15.0. The van der Waals surface area contributed by atoms with E-state index >= 15 is 0 Å². The van der Waals surface area contributed by atoms with Crippen molar-refractivity contribution >= 4 is 22.8 Å². The summed E-state index contributed by atoms with van der Waals surface area (Å²) in [4.78, 5) is 18.3. The lowest BCUT2D eigenvalue weighted by molar-refractivity contribution is 0.118. The Morgan fingerprint density at radius 1 is 1.30 bits per heavy atom. The zero-order valence-corrected chi connectivity index (χ0v) is 12.4. The number of carbonyl (C=O) groups excluding carboxylic acids is 1. The number of amides is 2. The Labute approximate surface area is 131 Å². The number of hydrogen-bond donors (Lipinski definition) is 4. The van der Waals surface area contributed by atoms with E-state index in [0.717, 1.165) is 12.8 Å². The van der Waals surface area contributed by atoms with Crippen LogP contribution in [0.2, 0.25) is 0 Å². The van der Waals surface area contributed by atoms with Gasteiger partial charge in [-0.25, -0.2) is 18.6 Å². The summed E-state index contributed by atoms with van der Waals surface area (Å²) in [5.74, 6) is -0.387. The Balaban J connectivity index is 1.62. The van der Waals surface area contributed by atoms with Gasteiger partial charge in [0.05, 0.1) is 17.1 Å². The van der Waals surface area contributed by atoms with Gasteiger partial charge in [0.15, 0.2) is 5.82 Å². The van der Waals surface area contributed by atoms with E-state index in [1.54, 1.807) is 18.2 Å². The molecule has 23 heavy (non-hydrogen) atoms. The molecular weight excluding hydrogens is 306 g/mol. The highest BCUT2D eigenvalue weighted by molar-refractivity contribution is 5.92. The lowest BCUT2D eigenvalue weighted by Crippen LogP contribution is -2.40. The van der Waals surface area contributed by atoms with Crippen LogP contribution in [-0.2, 0) is 0 Å². The molecule has 2 amide bonds. The van der Waals surface area contributed by atoms with Crippen molar-refractivity contribution in [2.24, 2.45) is 0 Å². The molecule has 8 heteroatoms. The fourth-order valence-electron chi connectivity index (χ4n) is 2.78. The average Bonchev–Trinajstić information content (AvgIpc) is 2.93. The van der Waals surface area contributed by atoms with Crippen molar-refractivity contribution in [3.05, 3.63) is 24.0 Å². The van der Waals surface area contributed by atoms with Crippen LogP contribution in [0.15, 0.2) is 18.2 Å². The van der Waals surface area contributed by atoms with Crippen molar-refractivity contribution in [2.75, 3.05) is 5.32 Å². The van der Waals surface area contributed by atoms with Crippen molar-refractivity contribution < 1.29 is 18.7 Å². The molecule has 0 spiro atoms. The summed E-state index contributed by atoms with van der Waals surface area (Å²) < 4.78 is 25.2. The number of alkyl halides is 2. The van der Waals surface area contributed by atoms with Gasteiger partial charge >= 0.3 is 6.03 Å². The minimum atomic E-state index is -2.66. The van der Waals surface area contributed by atoms with Crippen LogP contribution in [0.4, 0.5) is 19.3 Å². The molecule has 3 rings (SSSR count). The molecule has 1 heterocycles. The maximum absolute atomic E-state index is 12.6. The van der Waals surface area contributed by atoms with Crippen molar-refractivity contribution in [3.8, 4) is 0 Å². The molecule has 0 bridgehead atoms. The largest absolute Gasteiger partial charge is 0.393 e. The summed E-state index contributed by atoms with van der Waals surface area (Å²) in [5.41, 5.74) is 1.36. The number of rotatable bonds is 3. The second-order valence-corrected chi connectivity index (χ2v) is 5.76. The molecule has 1 fully saturated rings. The molecule has 0 aliphatic heterocycles. The van der Waals surface area contributed by atoms with Crippen molar-refractivity contribution in [3.63, 3.8) is 0 Å². The number of fused-ring (bicyclic) bond motifs is 1. The zero-order valence-electron chi connectivity index (χ0n) is 12.4. The minimum absolute atomic E-state index is 0.0414. The molecule has 6 nitrogen and oxygen atoms in total. The molecule has 4 N–H and O–H groups in total. The van der Waals surface area contributed by atoms with Gasteiger partial charge in [-0.05, 0) is 43.9 Å². The predicted octanol–water partition coefficient (Wildman–Crippen LogP) is 2.93. The van der Waals surface area contributed by atoms with E-state index in [9.17, 15) is 18.7 Å². The maximum Gasteiger partial charge on any atom is 0.319 e. The van der Waals surface area contributed by atoms with Crippen LogP contribution in [0.1, 0.15) is 37.9 Å². The van der Waals surface area contributed by atoms with Crippen LogP contribution >= 0.6 is 0 Å². The predicted molar refractivity (Wildman–Crippen MR) is 81.5 cm³/mol. The fourth-order valence-corrected chi connectivity index (χ4v) is 2.78. The first-order valence-corrected chi connectivity index (χ1v) is 7.54. The van der Waals surface area contributed by atoms with Crippen LogP contribution in [0.5, 0.6) is 0 Å². The van der Waals surface area contributed by atoms with Gasteiger partial charge in [-0.2, -0.15) is 0 Å². The van der Waals surface area contributed by atoms with E-state index in [0.29, 0.717) is 29.6 Å². The topological polar surface area (TPSA) is 90.0 Å². The number of urea groups is 1. The van der Waals surface area contributed by atoms with Crippen LogP contribution in [0, 0.1) is 0 Å². The number of hydrogen-bond acceptors (Lipinski definition) is 3. The molecule has 1 aliphatic rings. The first-order valence-electron chi connectivity index (χ1n) is 7.54. The number of benzene rings is 1. The molecule has 0 atom stereocenters. The third-order valence-electron chi connectivity index (χ3n) is 4.00. The van der Waals surface area contributed by atoms with Crippen LogP contribution < -0.4 is 10.6 Å². The van der Waals surface area contributed by atoms with E-state index in [1.807, 2.05) is 0 Å². The van der Waals surface area contributed by atoms with E-state index in [4.69, 9.17) is 0 Å². The first kappa shape index (κ1) is 15.7. The normalized spacial score (nSPS) is 21.6. The summed E-state index contributed by atoms with van der Waals surface area (Å²) in [6.07, 6.45) is -0.0903. The summed E-state index contributed by atoms with van der Waals surface area (Å²) in [6.45, 7) is 0. The standard InChI is InChI=1S/C15H18F2N4O2/c16-13(17)14-20-11-6-3-9(7-12(11)21-14)19-15(23)18-8-1-4-10(22)5-2-8/h3,6-8,10,13,22H,1-2,4-5H2,(H,20,21)(H2,18,19,23). The number of H-pyrrole nitrogens is 1. The Kier molecular flexibility index (Phi) is 4.42. The summed E-state index contributed by atoms with van der Waals surface area (Å²) >= 11 is 0. The SMILES string of the molecule is O=C(Nc1ccc2nc(C(F)F)[nH]c2c1)NC1CCC(O)CC1. The second-order valence-electron chi connectivity index (χ2n) is 5.76. The fraction of sp³-hybridized carbons (Fsp3) is 0.467. The van der Waals surface area contributed by atoms with Gasteiger partial charge < -0.3 is 20.7 Å². The van der Waals surface area contributed by atoms with Gasteiger partial charge in [0.1, 0.15) is 0 Å². The monoisotopic (exact) mass is 324 g/mol. The molecule has 1 aromatic carbocycles. The second kappa shape index (κ2) is 6.49. The molecule has 0 saturated heterocycles. The number of aliphatic hydroxyl groups excluding tert-OH is 1. The Hall–Kier alpha value is -2.22. The highest BCUT2D eigenvalue weighted by Crippen LogP contribution is 2.22. The number of aromatic amines is 1. The van der Waals surface area contributed by atoms with E-state index in [2.05, 4.69) is 20.6 Å². The zero-order chi connectivity index (χ0) is 16.4. The van der Waals surface area contributed by atoms with Gasteiger partial charge in [-0.1, -0.05) is 0 Å². The maximum atomic E-state index is 12.6. The highest BCUT2D eigenvalue weighted by atomic mass is 19.3. The third kappa shape index (κ3) is 3.76. The summed E-state index contributed by atoms with van der Waals surface area (Å²) in [7, 11) is 0. The molecule has 1 aromatic heterocycles. The third-order valence-corrected chi connectivity index (χ3v) is 4.00. The number of aliphatic hydroxyl groups is 1. The Morgan fingerprint density at radius 3 is 2.74 bits per heavy atom. The van der Waals surface area contributed by atoms with Crippen LogP contribution in [0.3, 0.4) is 0 Å². The first-order chi connectivity index (χ1) is 11.0. The van der Waals surface area contributed by atoms with Crippen molar-refractivity contribution in [1.29, 1.82) is 0 Å². The van der Waals surface area contributed by atoms with Gasteiger partial charge in [0.2, 0.25) is 0 Å². The highest BCUT2D eigenvalue weighted by Gasteiger charge is 2.20. The van der Waals surface area contributed by atoms with Gasteiger partial charge in [0, 0.05) is 11.7 Å². The van der Waals surface area contributed by atoms with E-state index in [-0.39, 0.29) is 24.0 Å². The van der Waals surface area contributed by atoms with Gasteiger partial charge in [-0.3, -0.25) is 0 Å². The van der Waals surface area contributed by atoms with Gasteiger partial charge in [-0.15, -0.1) is 0 Å². The lowest BCUT2D eigenvalue weighted by atomic mass is 9.93. The molecule has 2 aromatic rings. The number of halogens is 2.